The Hall–Kier alpha value is -2.86. The number of hydrogen-bond acceptors (Lipinski definition) is 5. The molecule has 3 heterocycles. The number of hydrogen-bond donors (Lipinski definition) is 0. The van der Waals surface area contributed by atoms with Crippen LogP contribution in [0.3, 0.4) is 0 Å². The number of pyridine rings is 1. The number of ether oxygens (including phenoxy) is 1. The third-order valence-electron chi connectivity index (χ3n) is 4.96. The number of rotatable bonds is 6. The van der Waals surface area contributed by atoms with Crippen molar-refractivity contribution in [2.45, 2.75) is 19.4 Å². The Morgan fingerprint density at radius 3 is 2.64 bits per heavy atom. The lowest BCUT2D eigenvalue weighted by Crippen LogP contribution is -2.31. The summed E-state index contributed by atoms with van der Waals surface area (Å²) in [6.07, 6.45) is 4.13. The van der Waals surface area contributed by atoms with Gasteiger partial charge < -0.3 is 14.5 Å². The summed E-state index contributed by atoms with van der Waals surface area (Å²) < 4.78 is 5.25. The van der Waals surface area contributed by atoms with Crippen molar-refractivity contribution in [1.82, 2.24) is 4.98 Å². The van der Waals surface area contributed by atoms with Gasteiger partial charge in [0.25, 0.3) is 5.91 Å². The number of benzene rings is 1. The molecule has 3 aromatic rings. The van der Waals surface area contributed by atoms with Crippen LogP contribution in [0.5, 0.6) is 5.75 Å². The third kappa shape index (κ3) is 4.02. The van der Waals surface area contributed by atoms with Crippen molar-refractivity contribution in [1.29, 1.82) is 0 Å². The molecule has 144 valence electrons. The zero-order valence-electron chi connectivity index (χ0n) is 15.9. The van der Waals surface area contributed by atoms with Crippen molar-refractivity contribution in [3.8, 4) is 5.75 Å². The van der Waals surface area contributed by atoms with E-state index in [1.165, 1.54) is 12.8 Å². The molecule has 0 unspecified atom stereocenters. The molecule has 1 fully saturated rings. The van der Waals surface area contributed by atoms with Gasteiger partial charge in [-0.2, -0.15) is 0 Å². The van der Waals surface area contributed by atoms with Gasteiger partial charge in [0.2, 0.25) is 0 Å². The van der Waals surface area contributed by atoms with Crippen LogP contribution in [0.25, 0.3) is 0 Å². The Bertz CT molecular complexity index is 919. The Morgan fingerprint density at radius 1 is 1.18 bits per heavy atom. The number of methoxy groups -OCH3 is 1. The highest BCUT2D eigenvalue weighted by molar-refractivity contribution is 7.09. The lowest BCUT2D eigenvalue weighted by Gasteiger charge is -2.23. The van der Waals surface area contributed by atoms with Gasteiger partial charge in [-0.25, -0.2) is 0 Å². The number of thiophene rings is 1. The number of amides is 1. The molecule has 0 atom stereocenters. The second-order valence-corrected chi connectivity index (χ2v) is 7.79. The summed E-state index contributed by atoms with van der Waals surface area (Å²) in [5.41, 5.74) is 2.37. The fourth-order valence-electron chi connectivity index (χ4n) is 3.45. The minimum atomic E-state index is -0.0976. The highest BCUT2D eigenvalue weighted by Gasteiger charge is 2.22. The fourth-order valence-corrected chi connectivity index (χ4v) is 4.14. The van der Waals surface area contributed by atoms with Gasteiger partial charge in [0.15, 0.2) is 0 Å². The second-order valence-electron chi connectivity index (χ2n) is 6.76. The summed E-state index contributed by atoms with van der Waals surface area (Å²) in [6, 6.07) is 15.5. The number of aromatic nitrogens is 1. The van der Waals surface area contributed by atoms with E-state index in [0.29, 0.717) is 12.2 Å². The van der Waals surface area contributed by atoms with Crippen LogP contribution in [0.15, 0.2) is 60.1 Å². The van der Waals surface area contributed by atoms with Crippen molar-refractivity contribution in [2.24, 2.45) is 0 Å². The average molecular weight is 394 g/mol. The highest BCUT2D eigenvalue weighted by atomic mass is 32.1. The van der Waals surface area contributed by atoms with E-state index in [1.807, 2.05) is 53.9 Å². The number of carbonyl (C=O) groups excluding carboxylic acids is 1. The van der Waals surface area contributed by atoms with E-state index in [9.17, 15) is 4.79 Å². The third-order valence-corrected chi connectivity index (χ3v) is 5.82. The number of anilines is 2. The monoisotopic (exact) mass is 393 g/mol. The molecule has 4 rings (SSSR count). The van der Waals surface area contributed by atoms with E-state index in [1.54, 1.807) is 29.5 Å². The van der Waals surface area contributed by atoms with E-state index >= 15 is 0 Å². The first-order chi connectivity index (χ1) is 13.7. The van der Waals surface area contributed by atoms with Crippen LogP contribution in [0.2, 0.25) is 0 Å². The van der Waals surface area contributed by atoms with Crippen molar-refractivity contribution in [2.75, 3.05) is 30.0 Å². The van der Waals surface area contributed by atoms with Gasteiger partial charge in [0, 0.05) is 35.5 Å². The molecule has 5 nitrogen and oxygen atoms in total. The topological polar surface area (TPSA) is 45.7 Å². The summed E-state index contributed by atoms with van der Waals surface area (Å²) >= 11 is 1.64. The maximum absolute atomic E-state index is 13.4. The van der Waals surface area contributed by atoms with Crippen molar-refractivity contribution >= 4 is 28.6 Å². The van der Waals surface area contributed by atoms with Gasteiger partial charge >= 0.3 is 0 Å². The second kappa shape index (κ2) is 8.44. The van der Waals surface area contributed by atoms with E-state index in [0.717, 1.165) is 35.1 Å². The Labute approximate surface area is 169 Å². The normalized spacial score (nSPS) is 13.5. The molecular weight excluding hydrogens is 370 g/mol. The van der Waals surface area contributed by atoms with Crippen molar-refractivity contribution in [3.05, 3.63) is 70.7 Å². The lowest BCUT2D eigenvalue weighted by atomic mass is 10.2. The molecule has 1 amide bonds. The largest absolute Gasteiger partial charge is 0.497 e. The van der Waals surface area contributed by atoms with E-state index in [4.69, 9.17) is 4.74 Å². The molecule has 6 heteroatoms. The van der Waals surface area contributed by atoms with Crippen LogP contribution in [-0.4, -0.2) is 31.1 Å². The quantitative estimate of drug-likeness (QED) is 0.614. The molecule has 0 bridgehead atoms. The standard InChI is InChI=1S/C22H23N3O2S/c1-27-19-8-6-17(7-9-19)25(16-20-5-4-14-28-20)22(26)21-15-18(10-11-23-21)24-12-2-3-13-24/h4-11,14-15H,2-3,12-13,16H2,1H3. The smallest absolute Gasteiger partial charge is 0.277 e. The Balaban J connectivity index is 1.65. The summed E-state index contributed by atoms with van der Waals surface area (Å²) in [5.74, 6) is 0.668. The Morgan fingerprint density at radius 2 is 1.96 bits per heavy atom. The minimum absolute atomic E-state index is 0.0976. The van der Waals surface area contributed by atoms with E-state index < -0.39 is 0 Å². The summed E-state index contributed by atoms with van der Waals surface area (Å²) in [4.78, 5) is 23.0. The van der Waals surface area contributed by atoms with Gasteiger partial charge in [-0.15, -0.1) is 11.3 Å². The number of nitrogens with zero attached hydrogens (tertiary/aromatic N) is 3. The SMILES string of the molecule is COc1ccc(N(Cc2cccs2)C(=O)c2cc(N3CCCC3)ccn2)cc1. The van der Waals surface area contributed by atoms with Gasteiger partial charge in [-0.05, 0) is 60.7 Å². The fraction of sp³-hybridized carbons (Fsp3) is 0.273. The van der Waals surface area contributed by atoms with Crippen molar-refractivity contribution in [3.63, 3.8) is 0 Å². The predicted octanol–water partition coefficient (Wildman–Crippen LogP) is 4.60. The van der Waals surface area contributed by atoms with Crippen LogP contribution in [-0.2, 0) is 6.54 Å². The number of carbonyl (C=O) groups is 1. The van der Waals surface area contributed by atoms with E-state index in [2.05, 4.69) is 9.88 Å². The molecule has 0 saturated carbocycles. The molecule has 28 heavy (non-hydrogen) atoms. The first-order valence-corrected chi connectivity index (χ1v) is 10.3. The van der Waals surface area contributed by atoms with Crippen LogP contribution in [0.1, 0.15) is 28.2 Å². The molecule has 0 spiro atoms. The van der Waals surface area contributed by atoms with Crippen LogP contribution >= 0.6 is 11.3 Å². The highest BCUT2D eigenvalue weighted by Crippen LogP contribution is 2.26. The lowest BCUT2D eigenvalue weighted by molar-refractivity contribution is 0.0980. The molecular formula is C22H23N3O2S. The van der Waals surface area contributed by atoms with Crippen LogP contribution < -0.4 is 14.5 Å². The van der Waals surface area contributed by atoms with Crippen LogP contribution in [0.4, 0.5) is 11.4 Å². The van der Waals surface area contributed by atoms with Crippen LogP contribution in [0, 0.1) is 0 Å². The average Bonchev–Trinajstić information content (AvgIpc) is 3.46. The molecule has 0 N–H and O–H groups in total. The van der Waals surface area contributed by atoms with Gasteiger partial charge in [-0.1, -0.05) is 6.07 Å². The molecule has 1 aromatic carbocycles. The predicted molar refractivity (Wildman–Crippen MR) is 114 cm³/mol. The van der Waals surface area contributed by atoms with Gasteiger partial charge in [0.05, 0.1) is 13.7 Å². The molecule has 0 radical (unpaired) electrons. The zero-order chi connectivity index (χ0) is 19.3. The first-order valence-electron chi connectivity index (χ1n) is 9.44. The molecule has 1 aliphatic rings. The summed E-state index contributed by atoms with van der Waals surface area (Å²) in [7, 11) is 1.64. The first kappa shape index (κ1) is 18.5. The summed E-state index contributed by atoms with van der Waals surface area (Å²) in [5, 5.41) is 2.03. The van der Waals surface area contributed by atoms with E-state index in [-0.39, 0.29) is 5.91 Å². The van der Waals surface area contributed by atoms with Gasteiger partial charge in [0.1, 0.15) is 11.4 Å². The maximum Gasteiger partial charge on any atom is 0.277 e. The molecule has 1 saturated heterocycles. The molecule has 2 aromatic heterocycles. The van der Waals surface area contributed by atoms with Gasteiger partial charge in [-0.3, -0.25) is 9.78 Å². The Kier molecular flexibility index (Phi) is 5.58. The van der Waals surface area contributed by atoms with Crippen molar-refractivity contribution < 1.29 is 9.53 Å². The molecule has 1 aliphatic heterocycles. The maximum atomic E-state index is 13.4. The zero-order valence-corrected chi connectivity index (χ0v) is 16.7. The minimum Gasteiger partial charge on any atom is -0.497 e. The molecule has 0 aliphatic carbocycles. The summed E-state index contributed by atoms with van der Waals surface area (Å²) in [6.45, 7) is 2.59.